The van der Waals surface area contributed by atoms with Crippen LogP contribution in [0.3, 0.4) is 0 Å². The number of carbonyl (C=O) groups is 1. The second-order valence-corrected chi connectivity index (χ2v) is 9.53. The van der Waals surface area contributed by atoms with Gasteiger partial charge in [0.05, 0.1) is 11.7 Å². The van der Waals surface area contributed by atoms with Gasteiger partial charge in [0.1, 0.15) is 6.04 Å². The third-order valence-corrected chi connectivity index (χ3v) is 6.71. The molecular formula is C28H28N6OS. The van der Waals surface area contributed by atoms with Crippen LogP contribution < -0.4 is 15.5 Å². The molecule has 1 saturated heterocycles. The van der Waals surface area contributed by atoms with Crippen LogP contribution in [0.5, 0.6) is 0 Å². The Bertz CT molecular complexity index is 1390. The third kappa shape index (κ3) is 4.47. The minimum Gasteiger partial charge on any atom is -0.351 e. The molecule has 0 saturated carbocycles. The first-order valence-corrected chi connectivity index (χ1v) is 12.3. The molecule has 0 bridgehead atoms. The van der Waals surface area contributed by atoms with E-state index in [1.54, 1.807) is 18.6 Å². The Morgan fingerprint density at radius 3 is 2.53 bits per heavy atom. The number of amides is 1. The summed E-state index contributed by atoms with van der Waals surface area (Å²) in [5, 5.41) is 7.15. The monoisotopic (exact) mass is 496 g/mol. The number of aromatic nitrogens is 3. The van der Waals surface area contributed by atoms with E-state index in [2.05, 4.69) is 48.4 Å². The summed E-state index contributed by atoms with van der Waals surface area (Å²) in [4.78, 5) is 23.2. The quantitative estimate of drug-likeness (QED) is 0.351. The van der Waals surface area contributed by atoms with Gasteiger partial charge in [-0.2, -0.15) is 0 Å². The molecule has 2 atom stereocenters. The molecule has 1 aliphatic rings. The lowest BCUT2D eigenvalue weighted by Crippen LogP contribution is -2.30. The van der Waals surface area contributed by atoms with Crippen molar-refractivity contribution in [3.8, 4) is 5.69 Å². The number of pyridine rings is 2. The molecule has 5 rings (SSSR count). The maximum Gasteiger partial charge on any atom is 0.226 e. The van der Waals surface area contributed by atoms with Gasteiger partial charge in [-0.15, -0.1) is 0 Å². The summed E-state index contributed by atoms with van der Waals surface area (Å²) in [7, 11) is 0. The van der Waals surface area contributed by atoms with E-state index < -0.39 is 0 Å². The first-order valence-electron chi connectivity index (χ1n) is 11.9. The van der Waals surface area contributed by atoms with Crippen LogP contribution in [-0.4, -0.2) is 25.6 Å². The molecule has 4 aromatic rings. The van der Waals surface area contributed by atoms with Crippen molar-refractivity contribution < 1.29 is 4.79 Å². The third-order valence-electron chi connectivity index (χ3n) is 6.39. The van der Waals surface area contributed by atoms with Gasteiger partial charge in [0.15, 0.2) is 5.11 Å². The smallest absolute Gasteiger partial charge is 0.226 e. The van der Waals surface area contributed by atoms with Gasteiger partial charge in [-0.1, -0.05) is 19.9 Å². The second-order valence-electron chi connectivity index (χ2n) is 9.15. The lowest BCUT2D eigenvalue weighted by atomic mass is 10.00. The molecule has 7 nitrogen and oxygen atoms in total. The topological polar surface area (TPSA) is 75.1 Å². The Balaban J connectivity index is 1.59. The molecule has 1 aliphatic heterocycles. The van der Waals surface area contributed by atoms with Crippen molar-refractivity contribution in [2.45, 2.75) is 32.9 Å². The van der Waals surface area contributed by atoms with Crippen molar-refractivity contribution in [1.29, 1.82) is 0 Å². The van der Waals surface area contributed by atoms with Crippen LogP contribution >= 0.6 is 12.2 Å². The number of nitrogens with one attached hydrogen (secondary N) is 2. The van der Waals surface area contributed by atoms with Gasteiger partial charge in [0.25, 0.3) is 0 Å². The van der Waals surface area contributed by atoms with Crippen molar-refractivity contribution in [1.82, 2.24) is 19.9 Å². The number of benzene rings is 1. The average molecular weight is 497 g/mol. The van der Waals surface area contributed by atoms with Crippen molar-refractivity contribution in [2.75, 3.05) is 10.2 Å². The maximum atomic E-state index is 12.3. The fourth-order valence-electron chi connectivity index (χ4n) is 4.52. The molecule has 36 heavy (non-hydrogen) atoms. The molecule has 0 aliphatic carbocycles. The minimum absolute atomic E-state index is 0.00696. The number of carbonyl (C=O) groups excluding carboxylic acids is 1. The molecule has 182 valence electrons. The number of rotatable bonds is 6. The van der Waals surface area contributed by atoms with Gasteiger partial charge in [0.2, 0.25) is 5.91 Å². The van der Waals surface area contributed by atoms with Crippen molar-refractivity contribution in [3.05, 3.63) is 102 Å². The van der Waals surface area contributed by atoms with Gasteiger partial charge in [-0.25, -0.2) is 0 Å². The molecule has 2 N–H and O–H groups in total. The molecule has 3 aromatic heterocycles. The predicted molar refractivity (Wildman–Crippen MR) is 146 cm³/mol. The summed E-state index contributed by atoms with van der Waals surface area (Å²) in [5.74, 6) is -0.101. The van der Waals surface area contributed by atoms with Crippen LogP contribution in [0.1, 0.15) is 42.9 Å². The molecule has 1 aromatic carbocycles. The Hall–Kier alpha value is -4.04. The Morgan fingerprint density at radius 2 is 1.83 bits per heavy atom. The second kappa shape index (κ2) is 9.91. The zero-order valence-electron chi connectivity index (χ0n) is 20.4. The number of aryl methyl sites for hydroxylation is 1. The zero-order valence-corrected chi connectivity index (χ0v) is 21.2. The predicted octanol–water partition coefficient (Wildman–Crippen LogP) is 5.35. The lowest BCUT2D eigenvalue weighted by molar-refractivity contribution is -0.118. The molecule has 0 unspecified atom stereocenters. The summed E-state index contributed by atoms with van der Waals surface area (Å²) in [6.07, 6.45) is 7.43. The maximum absolute atomic E-state index is 12.3. The van der Waals surface area contributed by atoms with E-state index in [9.17, 15) is 4.79 Å². The summed E-state index contributed by atoms with van der Waals surface area (Å²) in [6, 6.07) is 19.8. The molecule has 0 radical (unpaired) electrons. The van der Waals surface area contributed by atoms with Crippen molar-refractivity contribution >= 4 is 34.6 Å². The van der Waals surface area contributed by atoms with Gasteiger partial charge in [-0.05, 0) is 79.3 Å². The summed E-state index contributed by atoms with van der Waals surface area (Å²) in [6.45, 7) is 5.76. The van der Waals surface area contributed by atoms with Crippen LogP contribution in [0.15, 0.2) is 85.5 Å². The summed E-state index contributed by atoms with van der Waals surface area (Å²) >= 11 is 5.89. The van der Waals surface area contributed by atoms with Crippen LogP contribution in [0.25, 0.3) is 5.69 Å². The molecule has 1 fully saturated rings. The molecule has 8 heteroatoms. The Morgan fingerprint density at radius 1 is 1.03 bits per heavy atom. The highest BCUT2D eigenvalue weighted by Crippen LogP contribution is 2.42. The van der Waals surface area contributed by atoms with E-state index in [0.717, 1.165) is 34.0 Å². The highest BCUT2D eigenvalue weighted by atomic mass is 32.1. The fourth-order valence-corrected chi connectivity index (χ4v) is 4.87. The molecular weight excluding hydrogens is 468 g/mol. The van der Waals surface area contributed by atoms with Crippen LogP contribution in [0.2, 0.25) is 0 Å². The van der Waals surface area contributed by atoms with Crippen LogP contribution in [-0.2, 0) is 4.79 Å². The van der Waals surface area contributed by atoms with E-state index in [4.69, 9.17) is 12.2 Å². The average Bonchev–Trinajstić information content (AvgIpc) is 3.50. The lowest BCUT2D eigenvalue weighted by Gasteiger charge is -2.29. The highest BCUT2D eigenvalue weighted by molar-refractivity contribution is 7.80. The van der Waals surface area contributed by atoms with E-state index >= 15 is 0 Å². The van der Waals surface area contributed by atoms with Crippen LogP contribution in [0.4, 0.5) is 11.4 Å². The van der Waals surface area contributed by atoms with E-state index in [-0.39, 0.29) is 23.9 Å². The number of anilines is 2. The summed E-state index contributed by atoms with van der Waals surface area (Å²) < 4.78 is 2.16. The molecule has 0 spiro atoms. The SMILES string of the molecule is Cc1cc(N2C(=S)N[C@H](c3ccccn3)[C@H]2c2cccn2-c2ccncc2)ccc1NC(=O)C(C)C. The number of thiocarbonyl (C=S) groups is 1. The van der Waals surface area contributed by atoms with Gasteiger partial charge < -0.3 is 20.1 Å². The van der Waals surface area contributed by atoms with E-state index in [1.165, 1.54) is 0 Å². The molecule has 4 heterocycles. The number of hydrogen-bond acceptors (Lipinski definition) is 4. The van der Waals surface area contributed by atoms with Gasteiger partial charge in [-0.3, -0.25) is 14.8 Å². The minimum atomic E-state index is -0.161. The van der Waals surface area contributed by atoms with E-state index in [1.807, 2.05) is 69.3 Å². The zero-order chi connectivity index (χ0) is 25.2. The van der Waals surface area contributed by atoms with Crippen molar-refractivity contribution in [2.24, 2.45) is 5.92 Å². The van der Waals surface area contributed by atoms with E-state index in [0.29, 0.717) is 5.11 Å². The first kappa shape index (κ1) is 23.7. The summed E-state index contributed by atoms with van der Waals surface area (Å²) in [5.41, 5.74) is 5.71. The molecule has 1 amide bonds. The number of hydrogen-bond donors (Lipinski definition) is 2. The van der Waals surface area contributed by atoms with Crippen LogP contribution in [0, 0.1) is 12.8 Å². The Kier molecular flexibility index (Phi) is 6.52. The Labute approximate surface area is 216 Å². The van der Waals surface area contributed by atoms with Crippen molar-refractivity contribution in [3.63, 3.8) is 0 Å². The normalized spacial score (nSPS) is 17.3. The number of nitrogens with zero attached hydrogens (tertiary/aromatic N) is 4. The first-order chi connectivity index (χ1) is 17.4. The van der Waals surface area contributed by atoms with Gasteiger partial charge >= 0.3 is 0 Å². The fraction of sp³-hybridized carbons (Fsp3) is 0.214. The highest BCUT2D eigenvalue weighted by Gasteiger charge is 2.42. The standard InChI is InChI=1S/C28H28N6OS/c1-18(2)27(35)31-22-10-9-21(17-19(22)3)34-26(25(32-28(34)36)23-7-4-5-13-30-23)24-8-6-16-33(24)20-11-14-29-15-12-20/h4-18,25-26H,1-3H3,(H,31,35)(H,32,36)/t25-,26-/m1/s1. The van der Waals surface area contributed by atoms with Gasteiger partial charge in [0, 0.05) is 53.5 Å². The largest absolute Gasteiger partial charge is 0.351 e.